The maximum absolute atomic E-state index is 13.4. The number of aliphatic carboxylic acids is 1. The Balaban J connectivity index is 2.19. The Morgan fingerprint density at radius 3 is 2.12 bits per heavy atom. The van der Waals surface area contributed by atoms with Gasteiger partial charge in [-0.15, -0.1) is 0 Å². The Kier molecular flexibility index (Phi) is 13.3. The first-order valence-corrected chi connectivity index (χ1v) is 13.0. The highest BCUT2D eigenvalue weighted by Crippen LogP contribution is 2.08. The maximum atomic E-state index is 13.4. The van der Waals surface area contributed by atoms with E-state index in [4.69, 9.17) is 17.2 Å². The number of nitrogens with one attached hydrogen (secondary N) is 4. The fourth-order valence-electron chi connectivity index (χ4n) is 3.91. The van der Waals surface area contributed by atoms with Crippen molar-refractivity contribution >= 4 is 29.6 Å². The molecule has 0 aliphatic heterocycles. The van der Waals surface area contributed by atoms with Gasteiger partial charge in [-0.1, -0.05) is 30.3 Å². The van der Waals surface area contributed by atoms with E-state index in [9.17, 15) is 29.1 Å². The van der Waals surface area contributed by atoms with Gasteiger partial charge in [0, 0.05) is 31.2 Å². The Hall–Kier alpha value is -4.30. The summed E-state index contributed by atoms with van der Waals surface area (Å²) in [5.74, 6) is -4.06. The van der Waals surface area contributed by atoms with E-state index in [1.165, 1.54) is 12.5 Å². The third-order valence-electron chi connectivity index (χ3n) is 6.12. The fraction of sp³-hybridized carbons (Fsp3) is 0.462. The van der Waals surface area contributed by atoms with Crippen LogP contribution < -0.4 is 33.2 Å². The van der Waals surface area contributed by atoms with E-state index in [2.05, 4.69) is 25.9 Å². The summed E-state index contributed by atoms with van der Waals surface area (Å²) in [5, 5.41) is 17.1. The molecule has 11 N–H and O–H groups in total. The van der Waals surface area contributed by atoms with Crippen LogP contribution in [0, 0.1) is 0 Å². The van der Waals surface area contributed by atoms with Gasteiger partial charge in [-0.25, -0.2) is 9.78 Å². The molecule has 0 bridgehead atoms. The summed E-state index contributed by atoms with van der Waals surface area (Å²) >= 11 is 0. The van der Waals surface area contributed by atoms with Gasteiger partial charge in [0.1, 0.15) is 18.1 Å². The van der Waals surface area contributed by atoms with Crippen LogP contribution in [0.4, 0.5) is 0 Å². The monoisotopic (exact) mass is 558 g/mol. The van der Waals surface area contributed by atoms with E-state index in [0.29, 0.717) is 25.1 Å². The van der Waals surface area contributed by atoms with Crippen molar-refractivity contribution in [3.8, 4) is 0 Å². The van der Waals surface area contributed by atoms with Gasteiger partial charge in [0.25, 0.3) is 0 Å². The van der Waals surface area contributed by atoms with Crippen LogP contribution in [0.3, 0.4) is 0 Å². The van der Waals surface area contributed by atoms with Gasteiger partial charge in [0.05, 0.1) is 12.4 Å². The molecule has 1 aromatic heterocycles. The van der Waals surface area contributed by atoms with Gasteiger partial charge in [-0.2, -0.15) is 0 Å². The summed E-state index contributed by atoms with van der Waals surface area (Å²) in [5.41, 5.74) is 18.1. The second-order valence-electron chi connectivity index (χ2n) is 9.39. The highest BCUT2D eigenvalue weighted by atomic mass is 16.4. The second kappa shape index (κ2) is 16.6. The average Bonchev–Trinajstić information content (AvgIpc) is 3.43. The van der Waals surface area contributed by atoms with Gasteiger partial charge in [0.2, 0.25) is 23.6 Å². The lowest BCUT2D eigenvalue weighted by molar-refractivity contribution is -0.142. The van der Waals surface area contributed by atoms with Crippen LogP contribution in [0.15, 0.2) is 42.9 Å². The number of carboxylic acid groups (broad SMARTS) is 1. The quantitative estimate of drug-likeness (QED) is 0.0985. The molecule has 0 fully saturated rings. The lowest BCUT2D eigenvalue weighted by atomic mass is 10.0. The zero-order valence-corrected chi connectivity index (χ0v) is 22.2. The summed E-state index contributed by atoms with van der Waals surface area (Å²) in [7, 11) is 0. The number of hydrogen-bond acceptors (Lipinski definition) is 8. The number of H-pyrrole nitrogens is 1. The molecule has 14 nitrogen and oxygen atoms in total. The summed E-state index contributed by atoms with van der Waals surface area (Å²) in [6, 6.07) is 4.26. The number of carbonyl (C=O) groups is 5. The van der Waals surface area contributed by atoms with Crippen LogP contribution in [-0.4, -0.2) is 75.4 Å². The number of primary amides is 1. The molecule has 2 rings (SSSR count). The molecule has 0 spiro atoms. The summed E-state index contributed by atoms with van der Waals surface area (Å²) < 4.78 is 0. The first-order chi connectivity index (χ1) is 19.1. The first kappa shape index (κ1) is 31.9. The third-order valence-corrected chi connectivity index (χ3v) is 6.12. The minimum Gasteiger partial charge on any atom is -0.480 e. The van der Waals surface area contributed by atoms with Crippen molar-refractivity contribution in [3.63, 3.8) is 0 Å². The van der Waals surface area contributed by atoms with Crippen molar-refractivity contribution in [2.24, 2.45) is 17.2 Å². The zero-order valence-electron chi connectivity index (χ0n) is 22.2. The minimum absolute atomic E-state index is 0.0796. The SMILES string of the molecule is NCCCCC(NC(=O)C(CCC(N)=O)NC(=O)C(Cc1ccccc1)NC(=O)C(N)Cc1cnc[nH]1)C(=O)O. The normalized spacial score (nSPS) is 13.8. The molecule has 2 aromatic rings. The molecule has 4 unspecified atom stereocenters. The van der Waals surface area contributed by atoms with Crippen molar-refractivity contribution in [2.75, 3.05) is 6.54 Å². The van der Waals surface area contributed by atoms with Crippen LogP contribution in [0.5, 0.6) is 0 Å². The zero-order chi connectivity index (χ0) is 29.5. The van der Waals surface area contributed by atoms with Crippen LogP contribution >= 0.6 is 0 Å². The van der Waals surface area contributed by atoms with E-state index >= 15 is 0 Å². The van der Waals surface area contributed by atoms with E-state index in [-0.39, 0.29) is 32.1 Å². The van der Waals surface area contributed by atoms with Gasteiger partial charge < -0.3 is 43.2 Å². The van der Waals surface area contributed by atoms with E-state index in [1.807, 2.05) is 0 Å². The molecule has 0 aliphatic rings. The lowest BCUT2D eigenvalue weighted by Gasteiger charge is -2.25. The number of aromatic nitrogens is 2. The average molecular weight is 559 g/mol. The molecular formula is C26H38N8O6. The second-order valence-corrected chi connectivity index (χ2v) is 9.39. The largest absolute Gasteiger partial charge is 0.480 e. The molecule has 0 aliphatic carbocycles. The highest BCUT2D eigenvalue weighted by molar-refractivity contribution is 5.94. The van der Waals surface area contributed by atoms with Crippen LogP contribution in [0.25, 0.3) is 0 Å². The predicted octanol–water partition coefficient (Wildman–Crippen LogP) is -1.54. The first-order valence-electron chi connectivity index (χ1n) is 13.0. The van der Waals surface area contributed by atoms with Crippen LogP contribution in [-0.2, 0) is 36.8 Å². The molecule has 1 heterocycles. The molecule has 14 heteroatoms. The number of unbranched alkanes of at least 4 members (excludes halogenated alkanes) is 1. The van der Waals surface area contributed by atoms with E-state index in [1.54, 1.807) is 30.3 Å². The topological polar surface area (TPSA) is 248 Å². The Morgan fingerprint density at radius 2 is 1.52 bits per heavy atom. The molecule has 0 radical (unpaired) electrons. The van der Waals surface area contributed by atoms with Crippen molar-refractivity contribution < 1.29 is 29.1 Å². The van der Waals surface area contributed by atoms with Gasteiger partial charge in [0.15, 0.2) is 0 Å². The van der Waals surface area contributed by atoms with Gasteiger partial charge >= 0.3 is 5.97 Å². The predicted molar refractivity (Wildman–Crippen MR) is 145 cm³/mol. The number of rotatable bonds is 18. The highest BCUT2D eigenvalue weighted by Gasteiger charge is 2.30. The van der Waals surface area contributed by atoms with E-state index < -0.39 is 53.8 Å². The number of benzene rings is 1. The Labute approximate surface area is 231 Å². The van der Waals surface area contributed by atoms with Crippen LogP contribution in [0.1, 0.15) is 43.4 Å². The Bertz CT molecular complexity index is 1110. The number of imidazole rings is 1. The molecule has 4 atom stereocenters. The lowest BCUT2D eigenvalue weighted by Crippen LogP contribution is -2.57. The summed E-state index contributed by atoms with van der Waals surface area (Å²) in [6.07, 6.45) is 3.98. The number of nitrogens with two attached hydrogens (primary N) is 3. The number of amides is 4. The molecule has 0 saturated heterocycles. The fourth-order valence-corrected chi connectivity index (χ4v) is 3.91. The standard InChI is InChI=1S/C26H38N8O6/c27-11-5-4-8-20(26(39)40)33-24(37)19(9-10-22(29)35)32-25(38)21(12-16-6-2-1-3-7-16)34-23(36)18(28)13-17-14-30-15-31-17/h1-3,6-7,14-15,18-21H,4-5,8-13,27-28H2,(H2,29,35)(H,30,31)(H,32,38)(H,33,37)(H,34,36)(H,39,40). The van der Waals surface area contributed by atoms with Crippen molar-refractivity contribution in [1.29, 1.82) is 0 Å². The molecule has 1 aromatic carbocycles. The maximum Gasteiger partial charge on any atom is 0.326 e. The van der Waals surface area contributed by atoms with Crippen molar-refractivity contribution in [1.82, 2.24) is 25.9 Å². The smallest absolute Gasteiger partial charge is 0.326 e. The number of carboxylic acids is 1. The van der Waals surface area contributed by atoms with Gasteiger partial charge in [-0.3, -0.25) is 19.2 Å². The molecule has 4 amide bonds. The summed E-state index contributed by atoms with van der Waals surface area (Å²) in [6.45, 7) is 0.373. The number of carbonyl (C=O) groups excluding carboxylic acids is 4. The summed E-state index contributed by atoms with van der Waals surface area (Å²) in [4.78, 5) is 69.2. The van der Waals surface area contributed by atoms with Gasteiger partial charge in [-0.05, 0) is 37.8 Å². The number of aromatic amines is 1. The number of hydrogen-bond donors (Lipinski definition) is 8. The number of nitrogens with zero attached hydrogens (tertiary/aromatic N) is 1. The third kappa shape index (κ3) is 11.2. The molecular weight excluding hydrogens is 520 g/mol. The Morgan fingerprint density at radius 1 is 0.875 bits per heavy atom. The van der Waals surface area contributed by atoms with Crippen molar-refractivity contribution in [3.05, 3.63) is 54.1 Å². The van der Waals surface area contributed by atoms with Crippen LogP contribution in [0.2, 0.25) is 0 Å². The van der Waals surface area contributed by atoms with E-state index in [0.717, 1.165) is 5.56 Å². The molecule has 0 saturated carbocycles. The molecule has 40 heavy (non-hydrogen) atoms. The van der Waals surface area contributed by atoms with Crippen molar-refractivity contribution in [2.45, 2.75) is 69.1 Å². The molecule has 218 valence electrons. The minimum atomic E-state index is -1.29.